The Balaban J connectivity index is 1.43. The van der Waals surface area contributed by atoms with Crippen LogP contribution in [0.15, 0.2) is 54.7 Å². The number of benzene rings is 1. The van der Waals surface area contributed by atoms with Gasteiger partial charge in [-0.2, -0.15) is 0 Å². The predicted molar refractivity (Wildman–Crippen MR) is 136 cm³/mol. The summed E-state index contributed by atoms with van der Waals surface area (Å²) in [5.74, 6) is 3.02. The molecule has 5 rings (SSSR count). The molecule has 36 heavy (non-hydrogen) atoms. The van der Waals surface area contributed by atoms with Crippen LogP contribution in [0.4, 0.5) is 5.95 Å². The first-order valence-electron chi connectivity index (χ1n) is 12.0. The molecule has 0 saturated heterocycles. The molecular weight excluding hydrogens is 454 g/mol. The Bertz CT molecular complexity index is 1400. The highest BCUT2D eigenvalue weighted by molar-refractivity contribution is 5.68. The topological polar surface area (TPSA) is 122 Å². The van der Waals surface area contributed by atoms with Gasteiger partial charge in [-0.1, -0.05) is 42.2 Å². The molecule has 0 bridgehead atoms. The van der Waals surface area contributed by atoms with Crippen LogP contribution in [0, 0.1) is 12.3 Å². The van der Waals surface area contributed by atoms with Crippen molar-refractivity contribution in [3.05, 3.63) is 71.7 Å². The van der Waals surface area contributed by atoms with Crippen LogP contribution in [0.25, 0.3) is 22.6 Å². The molecule has 1 aliphatic rings. The Morgan fingerprint density at radius 3 is 2.61 bits per heavy atom. The zero-order chi connectivity index (χ0) is 25.0. The Kier molecular flexibility index (Phi) is 6.71. The highest BCUT2D eigenvalue weighted by Gasteiger charge is 2.34. The second-order valence-corrected chi connectivity index (χ2v) is 8.89. The van der Waals surface area contributed by atoms with E-state index in [1.165, 1.54) is 0 Å². The second-order valence-electron chi connectivity index (χ2n) is 8.89. The SMILES string of the molecule is C#Cc1cccc(-c2cc(-c3cn(Cc4cccc(C5(O)CCCC5)n4)nn3)nc(NCCO)n2)c1. The lowest BCUT2D eigenvalue weighted by Crippen LogP contribution is -2.23. The van der Waals surface area contributed by atoms with E-state index in [9.17, 15) is 10.2 Å². The van der Waals surface area contributed by atoms with Gasteiger partial charge in [0.25, 0.3) is 0 Å². The Morgan fingerprint density at radius 1 is 1.00 bits per heavy atom. The molecule has 0 spiro atoms. The minimum atomic E-state index is -0.838. The number of aliphatic hydroxyl groups is 2. The van der Waals surface area contributed by atoms with Gasteiger partial charge in [0.1, 0.15) is 11.3 Å². The summed E-state index contributed by atoms with van der Waals surface area (Å²) in [6, 6.07) is 15.1. The van der Waals surface area contributed by atoms with Crippen molar-refractivity contribution in [2.24, 2.45) is 0 Å². The van der Waals surface area contributed by atoms with Crippen molar-refractivity contribution in [2.45, 2.75) is 37.8 Å². The minimum absolute atomic E-state index is 0.0487. The lowest BCUT2D eigenvalue weighted by atomic mass is 9.97. The van der Waals surface area contributed by atoms with E-state index >= 15 is 0 Å². The summed E-state index contributed by atoms with van der Waals surface area (Å²) in [6.07, 6.45) is 10.9. The van der Waals surface area contributed by atoms with Crippen LogP contribution in [-0.2, 0) is 12.1 Å². The van der Waals surface area contributed by atoms with Gasteiger partial charge in [-0.05, 0) is 43.2 Å². The van der Waals surface area contributed by atoms with Crippen LogP contribution in [0.1, 0.15) is 42.6 Å². The van der Waals surface area contributed by atoms with Gasteiger partial charge in [-0.25, -0.2) is 14.6 Å². The molecule has 1 aromatic carbocycles. The fraction of sp³-hybridized carbons (Fsp3) is 0.296. The van der Waals surface area contributed by atoms with E-state index in [2.05, 4.69) is 31.5 Å². The van der Waals surface area contributed by atoms with Gasteiger partial charge >= 0.3 is 0 Å². The molecule has 9 heteroatoms. The van der Waals surface area contributed by atoms with Gasteiger partial charge < -0.3 is 15.5 Å². The molecule has 3 heterocycles. The summed E-state index contributed by atoms with van der Waals surface area (Å²) < 4.78 is 1.70. The van der Waals surface area contributed by atoms with Crippen molar-refractivity contribution in [3.8, 4) is 35.0 Å². The molecule has 0 unspecified atom stereocenters. The molecular formula is C27H27N7O2. The number of nitrogens with zero attached hydrogens (tertiary/aromatic N) is 6. The smallest absolute Gasteiger partial charge is 0.223 e. The molecule has 0 amide bonds. The lowest BCUT2D eigenvalue weighted by molar-refractivity contribution is 0.0397. The molecule has 0 atom stereocenters. The number of pyridine rings is 1. The van der Waals surface area contributed by atoms with Crippen LogP contribution in [0.5, 0.6) is 0 Å². The fourth-order valence-corrected chi connectivity index (χ4v) is 4.44. The maximum absolute atomic E-state index is 10.9. The highest BCUT2D eigenvalue weighted by atomic mass is 16.3. The number of rotatable bonds is 8. The van der Waals surface area contributed by atoms with Crippen molar-refractivity contribution in [1.29, 1.82) is 0 Å². The van der Waals surface area contributed by atoms with Crippen LogP contribution in [-0.4, -0.2) is 53.3 Å². The van der Waals surface area contributed by atoms with Crippen molar-refractivity contribution in [2.75, 3.05) is 18.5 Å². The summed E-state index contributed by atoms with van der Waals surface area (Å²) in [7, 11) is 0. The van der Waals surface area contributed by atoms with Crippen molar-refractivity contribution in [3.63, 3.8) is 0 Å². The summed E-state index contributed by atoms with van der Waals surface area (Å²) >= 11 is 0. The summed E-state index contributed by atoms with van der Waals surface area (Å²) in [4.78, 5) is 13.9. The molecule has 1 saturated carbocycles. The number of hydrogen-bond donors (Lipinski definition) is 3. The van der Waals surface area contributed by atoms with Crippen molar-refractivity contribution >= 4 is 5.95 Å². The van der Waals surface area contributed by atoms with Crippen LogP contribution in [0.3, 0.4) is 0 Å². The fourth-order valence-electron chi connectivity index (χ4n) is 4.44. The maximum atomic E-state index is 10.9. The lowest BCUT2D eigenvalue weighted by Gasteiger charge is -2.21. The van der Waals surface area contributed by atoms with Gasteiger partial charge in [0.05, 0.1) is 42.1 Å². The third-order valence-electron chi connectivity index (χ3n) is 6.29. The maximum Gasteiger partial charge on any atom is 0.223 e. The average molecular weight is 482 g/mol. The molecule has 1 fully saturated rings. The number of anilines is 1. The molecule has 0 radical (unpaired) electrons. The third-order valence-corrected chi connectivity index (χ3v) is 6.29. The van der Waals surface area contributed by atoms with E-state index in [1.54, 1.807) is 10.9 Å². The zero-order valence-electron chi connectivity index (χ0n) is 19.8. The Hall–Kier alpha value is -4.13. The third kappa shape index (κ3) is 5.10. The first kappa shape index (κ1) is 23.6. The first-order chi connectivity index (χ1) is 17.6. The van der Waals surface area contributed by atoms with Gasteiger partial charge in [-0.3, -0.25) is 4.98 Å². The van der Waals surface area contributed by atoms with E-state index in [0.29, 0.717) is 41.8 Å². The summed E-state index contributed by atoms with van der Waals surface area (Å²) in [6.45, 7) is 0.676. The highest BCUT2D eigenvalue weighted by Crippen LogP contribution is 2.37. The monoisotopic (exact) mass is 481 g/mol. The molecule has 1 aliphatic carbocycles. The quantitative estimate of drug-likeness (QED) is 0.328. The van der Waals surface area contributed by atoms with E-state index in [-0.39, 0.29) is 6.61 Å². The Labute approximate surface area is 209 Å². The van der Waals surface area contributed by atoms with Crippen LogP contribution >= 0.6 is 0 Å². The number of nitrogens with one attached hydrogen (secondary N) is 1. The molecule has 9 nitrogen and oxygen atoms in total. The zero-order valence-corrected chi connectivity index (χ0v) is 19.8. The van der Waals surface area contributed by atoms with E-state index in [0.717, 1.165) is 42.5 Å². The number of aromatic nitrogens is 6. The standard InChI is InChI=1S/C27H27N7O2/c1-2-19-7-5-8-20(15-19)22-16-23(31-26(30-22)28-13-14-35)24-18-34(33-32-24)17-21-9-6-10-25(29-21)27(36)11-3-4-12-27/h1,5-10,15-16,18,35-36H,3-4,11-14,17H2,(H,28,30,31). The Morgan fingerprint density at radius 2 is 1.81 bits per heavy atom. The molecule has 0 aliphatic heterocycles. The predicted octanol–water partition coefficient (Wildman–Crippen LogP) is 2.99. The number of terminal acetylenes is 1. The second kappa shape index (κ2) is 10.2. The average Bonchev–Trinajstić information content (AvgIpc) is 3.57. The minimum Gasteiger partial charge on any atom is -0.395 e. The van der Waals surface area contributed by atoms with Gasteiger partial charge in [-0.15, -0.1) is 11.5 Å². The molecule has 4 aromatic rings. The molecule has 3 aromatic heterocycles. The number of hydrogen-bond acceptors (Lipinski definition) is 8. The van der Waals surface area contributed by atoms with E-state index in [1.807, 2.05) is 48.5 Å². The van der Waals surface area contributed by atoms with Crippen LogP contribution < -0.4 is 5.32 Å². The van der Waals surface area contributed by atoms with Crippen molar-refractivity contribution < 1.29 is 10.2 Å². The number of aliphatic hydroxyl groups excluding tert-OH is 1. The normalized spacial score (nSPS) is 14.5. The van der Waals surface area contributed by atoms with Gasteiger partial charge in [0, 0.05) is 17.7 Å². The van der Waals surface area contributed by atoms with Gasteiger partial charge in [0.2, 0.25) is 5.95 Å². The largest absolute Gasteiger partial charge is 0.395 e. The van der Waals surface area contributed by atoms with E-state index < -0.39 is 5.60 Å². The van der Waals surface area contributed by atoms with Crippen molar-refractivity contribution in [1.82, 2.24) is 29.9 Å². The van der Waals surface area contributed by atoms with Gasteiger partial charge in [0.15, 0.2) is 0 Å². The summed E-state index contributed by atoms with van der Waals surface area (Å²) in [5, 5.41) is 31.7. The summed E-state index contributed by atoms with van der Waals surface area (Å²) in [5.41, 5.74) is 4.10. The van der Waals surface area contributed by atoms with Crippen LogP contribution in [0.2, 0.25) is 0 Å². The molecule has 182 valence electrons. The molecule has 3 N–H and O–H groups in total. The van der Waals surface area contributed by atoms with E-state index in [4.69, 9.17) is 11.4 Å². The first-order valence-corrected chi connectivity index (χ1v) is 12.0.